The molecule has 0 saturated carbocycles. The molecule has 0 spiro atoms. The van der Waals surface area contributed by atoms with Gasteiger partial charge in [-0.2, -0.15) is 0 Å². The molecule has 3 aromatic rings. The lowest BCUT2D eigenvalue weighted by molar-refractivity contribution is -0.142. The molecule has 0 aliphatic rings. The van der Waals surface area contributed by atoms with Crippen LogP contribution in [0.4, 0.5) is 5.69 Å². The Morgan fingerprint density at radius 2 is 1.69 bits per heavy atom. The maximum Gasteiger partial charge on any atom is 0.331 e. The van der Waals surface area contributed by atoms with Crippen LogP contribution in [0.1, 0.15) is 11.1 Å². The van der Waals surface area contributed by atoms with Gasteiger partial charge >= 0.3 is 5.97 Å². The SMILES string of the molecule is Cc1ccc(NC(=O)COC(=O)/C=C/c2cccc3ccccc23)cc1. The molecule has 3 rings (SSSR count). The number of fused-ring (bicyclic) bond motifs is 1. The first-order valence-corrected chi connectivity index (χ1v) is 8.31. The van der Waals surface area contributed by atoms with E-state index in [0.29, 0.717) is 5.69 Å². The van der Waals surface area contributed by atoms with Crippen molar-refractivity contribution >= 4 is 34.4 Å². The second-order valence-corrected chi connectivity index (χ2v) is 5.92. The number of nitrogens with one attached hydrogen (secondary N) is 1. The number of benzene rings is 3. The first kappa shape index (κ1) is 17.4. The highest BCUT2D eigenvalue weighted by atomic mass is 16.5. The van der Waals surface area contributed by atoms with Crippen molar-refractivity contribution in [1.82, 2.24) is 0 Å². The molecule has 0 fully saturated rings. The Balaban J connectivity index is 1.55. The highest BCUT2D eigenvalue weighted by Gasteiger charge is 2.06. The van der Waals surface area contributed by atoms with Crippen molar-refractivity contribution in [1.29, 1.82) is 0 Å². The van der Waals surface area contributed by atoms with Crippen molar-refractivity contribution in [3.63, 3.8) is 0 Å². The summed E-state index contributed by atoms with van der Waals surface area (Å²) in [6.45, 7) is 1.64. The largest absolute Gasteiger partial charge is 0.452 e. The maximum atomic E-state index is 11.9. The maximum absolute atomic E-state index is 11.9. The molecular weight excluding hydrogens is 326 g/mol. The summed E-state index contributed by atoms with van der Waals surface area (Å²) in [5.41, 5.74) is 2.69. The Hall–Kier alpha value is -3.40. The van der Waals surface area contributed by atoms with E-state index in [4.69, 9.17) is 4.74 Å². The number of carbonyl (C=O) groups is 2. The molecular formula is C22H19NO3. The van der Waals surface area contributed by atoms with Crippen LogP contribution in [-0.4, -0.2) is 18.5 Å². The topological polar surface area (TPSA) is 55.4 Å². The first-order chi connectivity index (χ1) is 12.6. The highest BCUT2D eigenvalue weighted by Crippen LogP contribution is 2.19. The molecule has 0 saturated heterocycles. The van der Waals surface area contributed by atoms with Gasteiger partial charge in [0, 0.05) is 11.8 Å². The van der Waals surface area contributed by atoms with Crippen LogP contribution in [0.3, 0.4) is 0 Å². The van der Waals surface area contributed by atoms with Gasteiger partial charge in [0.1, 0.15) is 0 Å². The number of amides is 1. The minimum atomic E-state index is -0.558. The zero-order chi connectivity index (χ0) is 18.4. The molecule has 4 nitrogen and oxygen atoms in total. The summed E-state index contributed by atoms with van der Waals surface area (Å²) in [6, 6.07) is 21.2. The highest BCUT2D eigenvalue weighted by molar-refractivity contribution is 5.96. The molecule has 130 valence electrons. The summed E-state index contributed by atoms with van der Waals surface area (Å²) in [5, 5.41) is 4.83. The van der Waals surface area contributed by atoms with Gasteiger partial charge in [0.25, 0.3) is 5.91 Å². The predicted octanol–water partition coefficient (Wildman–Crippen LogP) is 4.34. The first-order valence-electron chi connectivity index (χ1n) is 8.31. The quantitative estimate of drug-likeness (QED) is 0.553. The van der Waals surface area contributed by atoms with E-state index in [1.54, 1.807) is 18.2 Å². The summed E-state index contributed by atoms with van der Waals surface area (Å²) < 4.78 is 5.00. The number of hydrogen-bond donors (Lipinski definition) is 1. The van der Waals surface area contributed by atoms with Gasteiger partial charge in [-0.1, -0.05) is 60.2 Å². The van der Waals surface area contributed by atoms with Crippen molar-refractivity contribution in [2.24, 2.45) is 0 Å². The second-order valence-electron chi connectivity index (χ2n) is 5.92. The summed E-state index contributed by atoms with van der Waals surface area (Å²) in [4.78, 5) is 23.7. The number of esters is 1. The second kappa shape index (κ2) is 8.12. The molecule has 0 atom stereocenters. The van der Waals surface area contributed by atoms with Gasteiger partial charge in [0.15, 0.2) is 6.61 Å². The molecule has 1 N–H and O–H groups in total. The molecule has 1 amide bonds. The molecule has 26 heavy (non-hydrogen) atoms. The molecule has 4 heteroatoms. The van der Waals surface area contributed by atoms with Crippen LogP contribution in [0.15, 0.2) is 72.8 Å². The normalized spacial score (nSPS) is 10.8. The zero-order valence-electron chi connectivity index (χ0n) is 14.4. The molecule has 0 unspecified atom stereocenters. The number of carbonyl (C=O) groups excluding carboxylic acids is 2. The van der Waals surface area contributed by atoms with Crippen LogP contribution in [-0.2, 0) is 14.3 Å². The third-order valence-corrected chi connectivity index (χ3v) is 3.90. The number of ether oxygens (including phenoxy) is 1. The molecule has 0 aromatic heterocycles. The van der Waals surface area contributed by atoms with E-state index in [1.807, 2.05) is 61.5 Å². The third-order valence-electron chi connectivity index (χ3n) is 3.90. The Kier molecular flexibility index (Phi) is 5.44. The zero-order valence-corrected chi connectivity index (χ0v) is 14.4. The van der Waals surface area contributed by atoms with Gasteiger partial charge < -0.3 is 10.1 Å². The van der Waals surface area contributed by atoms with Crippen LogP contribution < -0.4 is 5.32 Å². The van der Waals surface area contributed by atoms with Gasteiger partial charge in [-0.15, -0.1) is 0 Å². The smallest absolute Gasteiger partial charge is 0.331 e. The van der Waals surface area contributed by atoms with Gasteiger partial charge in [-0.3, -0.25) is 4.79 Å². The fourth-order valence-electron chi connectivity index (χ4n) is 2.57. The Labute approximate surface area is 152 Å². The van der Waals surface area contributed by atoms with Crippen LogP contribution in [0.5, 0.6) is 0 Å². The molecule has 0 bridgehead atoms. The standard InChI is InChI=1S/C22H19NO3/c1-16-9-12-19(13-10-16)23-21(24)15-26-22(25)14-11-18-7-4-6-17-5-2-3-8-20(17)18/h2-14H,15H2,1H3,(H,23,24)/b14-11+. The van der Waals surface area contributed by atoms with E-state index in [2.05, 4.69) is 5.32 Å². The lowest BCUT2D eigenvalue weighted by Gasteiger charge is -2.06. The van der Waals surface area contributed by atoms with E-state index in [9.17, 15) is 9.59 Å². The van der Waals surface area contributed by atoms with E-state index < -0.39 is 5.97 Å². The fourth-order valence-corrected chi connectivity index (χ4v) is 2.57. The molecule has 0 heterocycles. The number of rotatable bonds is 5. The predicted molar refractivity (Wildman–Crippen MR) is 104 cm³/mol. The van der Waals surface area contributed by atoms with E-state index in [-0.39, 0.29) is 12.5 Å². The van der Waals surface area contributed by atoms with Crippen LogP contribution in [0.2, 0.25) is 0 Å². The van der Waals surface area contributed by atoms with Gasteiger partial charge in [0.05, 0.1) is 0 Å². The Bertz CT molecular complexity index is 953. The summed E-state index contributed by atoms with van der Waals surface area (Å²) in [5.74, 6) is -0.933. The van der Waals surface area contributed by atoms with Crippen molar-refractivity contribution in [3.05, 3.63) is 83.9 Å². The van der Waals surface area contributed by atoms with Crippen LogP contribution in [0, 0.1) is 6.92 Å². The van der Waals surface area contributed by atoms with Gasteiger partial charge in [0.2, 0.25) is 0 Å². The average Bonchev–Trinajstić information content (AvgIpc) is 2.66. The molecule has 0 aliphatic carbocycles. The lowest BCUT2D eigenvalue weighted by Crippen LogP contribution is -2.20. The molecule has 0 aliphatic heterocycles. The number of aryl methyl sites for hydroxylation is 1. The van der Waals surface area contributed by atoms with E-state index in [0.717, 1.165) is 21.9 Å². The Morgan fingerprint density at radius 3 is 2.50 bits per heavy atom. The van der Waals surface area contributed by atoms with Crippen molar-refractivity contribution < 1.29 is 14.3 Å². The molecule has 3 aromatic carbocycles. The Morgan fingerprint density at radius 1 is 0.962 bits per heavy atom. The average molecular weight is 345 g/mol. The van der Waals surface area contributed by atoms with Gasteiger partial charge in [-0.25, -0.2) is 4.79 Å². The summed E-state index contributed by atoms with van der Waals surface area (Å²) >= 11 is 0. The lowest BCUT2D eigenvalue weighted by atomic mass is 10.0. The number of anilines is 1. The number of hydrogen-bond acceptors (Lipinski definition) is 3. The third kappa shape index (κ3) is 4.57. The van der Waals surface area contributed by atoms with Crippen LogP contribution >= 0.6 is 0 Å². The molecule has 0 radical (unpaired) electrons. The van der Waals surface area contributed by atoms with Crippen molar-refractivity contribution in [3.8, 4) is 0 Å². The summed E-state index contributed by atoms with van der Waals surface area (Å²) in [7, 11) is 0. The summed E-state index contributed by atoms with van der Waals surface area (Å²) in [6.07, 6.45) is 3.03. The van der Waals surface area contributed by atoms with E-state index >= 15 is 0 Å². The van der Waals surface area contributed by atoms with E-state index in [1.165, 1.54) is 6.08 Å². The van der Waals surface area contributed by atoms with Crippen molar-refractivity contribution in [2.75, 3.05) is 11.9 Å². The monoisotopic (exact) mass is 345 g/mol. The minimum Gasteiger partial charge on any atom is -0.452 e. The van der Waals surface area contributed by atoms with Crippen molar-refractivity contribution in [2.45, 2.75) is 6.92 Å². The van der Waals surface area contributed by atoms with Crippen LogP contribution in [0.25, 0.3) is 16.8 Å². The fraction of sp³-hybridized carbons (Fsp3) is 0.0909. The minimum absolute atomic E-state index is 0.327. The van der Waals surface area contributed by atoms with Gasteiger partial charge in [-0.05, 0) is 41.5 Å².